The minimum Gasteiger partial charge on any atom is -0.497 e. The van der Waals surface area contributed by atoms with Crippen molar-refractivity contribution in [3.63, 3.8) is 0 Å². The molecule has 1 aromatic rings. The van der Waals surface area contributed by atoms with Crippen LogP contribution in [0.25, 0.3) is 0 Å². The van der Waals surface area contributed by atoms with E-state index in [1.807, 2.05) is 0 Å². The van der Waals surface area contributed by atoms with Crippen molar-refractivity contribution in [1.82, 2.24) is 4.31 Å². The summed E-state index contributed by atoms with van der Waals surface area (Å²) >= 11 is 0. The van der Waals surface area contributed by atoms with Crippen molar-refractivity contribution in [2.75, 3.05) is 33.9 Å². The average Bonchev–Trinajstić information content (AvgIpc) is 3.15. The molecular formula is C15H21NO5S. The van der Waals surface area contributed by atoms with Gasteiger partial charge in [0.2, 0.25) is 10.0 Å². The van der Waals surface area contributed by atoms with Crippen LogP contribution in [-0.4, -0.2) is 58.3 Å². The number of hydrogen-bond acceptors (Lipinski definition) is 5. The minimum atomic E-state index is -3.53. The third kappa shape index (κ3) is 2.74. The maximum atomic E-state index is 12.8. The van der Waals surface area contributed by atoms with E-state index in [2.05, 4.69) is 0 Å². The second kappa shape index (κ2) is 5.81. The third-order valence-electron chi connectivity index (χ3n) is 4.47. The van der Waals surface area contributed by atoms with Gasteiger partial charge in [0.25, 0.3) is 0 Å². The van der Waals surface area contributed by atoms with E-state index >= 15 is 0 Å². The van der Waals surface area contributed by atoms with Gasteiger partial charge in [-0.2, -0.15) is 4.31 Å². The topological polar surface area (TPSA) is 65.1 Å². The Bertz CT molecular complexity index is 647. The average molecular weight is 327 g/mol. The second-order valence-corrected chi connectivity index (χ2v) is 7.76. The number of nitrogens with zero attached hydrogens (tertiary/aromatic N) is 1. The number of rotatable bonds is 4. The fourth-order valence-electron chi connectivity index (χ4n) is 3.16. The van der Waals surface area contributed by atoms with Crippen molar-refractivity contribution in [2.24, 2.45) is 0 Å². The molecule has 0 amide bonds. The first-order valence-corrected chi connectivity index (χ1v) is 8.74. The molecule has 0 aromatic heterocycles. The second-order valence-electron chi connectivity index (χ2n) is 5.82. The molecule has 2 fully saturated rings. The highest BCUT2D eigenvalue weighted by Crippen LogP contribution is 2.38. The van der Waals surface area contributed by atoms with Crippen LogP contribution in [0, 0.1) is 0 Å². The summed E-state index contributed by atoms with van der Waals surface area (Å²) in [6.45, 7) is 1.38. The van der Waals surface area contributed by atoms with Gasteiger partial charge in [-0.05, 0) is 18.6 Å². The molecule has 0 unspecified atom stereocenters. The first-order chi connectivity index (χ1) is 10.5. The molecule has 22 heavy (non-hydrogen) atoms. The lowest BCUT2D eigenvalue weighted by Gasteiger charge is -2.23. The van der Waals surface area contributed by atoms with E-state index in [1.165, 1.54) is 11.4 Å². The highest BCUT2D eigenvalue weighted by molar-refractivity contribution is 7.89. The smallest absolute Gasteiger partial charge is 0.243 e. The molecule has 3 rings (SSSR count). The summed E-state index contributed by atoms with van der Waals surface area (Å²) in [5.41, 5.74) is -0.396. The summed E-state index contributed by atoms with van der Waals surface area (Å²) in [6, 6.07) is 6.56. The lowest BCUT2D eigenvalue weighted by Crippen LogP contribution is -2.36. The summed E-state index contributed by atoms with van der Waals surface area (Å²) in [4.78, 5) is 0.255. The number of methoxy groups -OCH3 is 2. The largest absolute Gasteiger partial charge is 0.497 e. The Balaban J connectivity index is 1.79. The van der Waals surface area contributed by atoms with Gasteiger partial charge in [-0.15, -0.1) is 0 Å². The number of sulfonamides is 1. The van der Waals surface area contributed by atoms with Crippen LogP contribution in [0.15, 0.2) is 29.2 Å². The van der Waals surface area contributed by atoms with E-state index in [9.17, 15) is 8.42 Å². The molecular weight excluding hydrogens is 306 g/mol. The van der Waals surface area contributed by atoms with Gasteiger partial charge in [0.05, 0.1) is 30.3 Å². The number of hydrogen-bond donors (Lipinski definition) is 0. The van der Waals surface area contributed by atoms with Crippen LogP contribution in [0.2, 0.25) is 0 Å². The van der Waals surface area contributed by atoms with Gasteiger partial charge >= 0.3 is 0 Å². The zero-order valence-corrected chi connectivity index (χ0v) is 13.6. The molecule has 0 aliphatic carbocycles. The van der Waals surface area contributed by atoms with Gasteiger partial charge < -0.3 is 14.2 Å². The molecule has 0 saturated carbocycles. The van der Waals surface area contributed by atoms with Crippen LogP contribution in [-0.2, 0) is 19.5 Å². The quantitative estimate of drug-likeness (QED) is 0.833. The highest BCUT2D eigenvalue weighted by Gasteiger charge is 2.48. The number of ether oxygens (including phenoxy) is 3. The summed E-state index contributed by atoms with van der Waals surface area (Å²) in [5.74, 6) is 0.534. The van der Waals surface area contributed by atoms with E-state index in [-0.39, 0.29) is 11.0 Å². The van der Waals surface area contributed by atoms with Gasteiger partial charge in [-0.25, -0.2) is 8.42 Å². The van der Waals surface area contributed by atoms with E-state index in [4.69, 9.17) is 14.2 Å². The molecule has 2 heterocycles. The van der Waals surface area contributed by atoms with Gasteiger partial charge in [0, 0.05) is 32.7 Å². The highest BCUT2D eigenvalue weighted by atomic mass is 32.2. The molecule has 7 heteroatoms. The normalized spacial score (nSPS) is 29.3. The molecule has 0 N–H and O–H groups in total. The Morgan fingerprint density at radius 3 is 2.86 bits per heavy atom. The predicted molar refractivity (Wildman–Crippen MR) is 80.5 cm³/mol. The minimum absolute atomic E-state index is 0.0551. The SMILES string of the molecule is COc1cccc(S(=O)(=O)N2CC[C@]3(C[C@@H](OC)CO3)C2)c1. The van der Waals surface area contributed by atoms with Crippen LogP contribution in [0.1, 0.15) is 12.8 Å². The Morgan fingerprint density at radius 1 is 1.36 bits per heavy atom. The van der Waals surface area contributed by atoms with E-state index in [0.717, 1.165) is 6.42 Å². The molecule has 6 nitrogen and oxygen atoms in total. The van der Waals surface area contributed by atoms with Crippen LogP contribution in [0.3, 0.4) is 0 Å². The molecule has 0 bridgehead atoms. The van der Waals surface area contributed by atoms with Crippen LogP contribution < -0.4 is 4.74 Å². The molecule has 2 saturated heterocycles. The summed E-state index contributed by atoms with van der Waals surface area (Å²) in [6.07, 6.45) is 1.50. The van der Waals surface area contributed by atoms with Crippen molar-refractivity contribution >= 4 is 10.0 Å². The molecule has 1 aromatic carbocycles. The van der Waals surface area contributed by atoms with Gasteiger partial charge in [-0.1, -0.05) is 6.07 Å². The molecule has 0 radical (unpaired) electrons. The van der Waals surface area contributed by atoms with E-state index in [1.54, 1.807) is 31.4 Å². The molecule has 1 spiro atoms. The summed E-state index contributed by atoms with van der Waals surface area (Å²) < 4.78 is 43.3. The zero-order chi connectivity index (χ0) is 15.8. The standard InChI is InChI=1S/C15H21NO5S/c1-19-12-4-3-5-14(8-12)22(17,18)16-7-6-15(11-16)9-13(20-2)10-21-15/h3-5,8,13H,6-7,9-11H2,1-2H3/t13-,15+/m1/s1. The van der Waals surface area contributed by atoms with Crippen molar-refractivity contribution in [2.45, 2.75) is 29.4 Å². The fourth-order valence-corrected chi connectivity index (χ4v) is 4.71. The van der Waals surface area contributed by atoms with Crippen LogP contribution >= 0.6 is 0 Å². The first kappa shape index (κ1) is 15.7. The van der Waals surface area contributed by atoms with E-state index in [0.29, 0.717) is 31.9 Å². The van der Waals surface area contributed by atoms with E-state index < -0.39 is 15.6 Å². The summed E-state index contributed by atoms with van der Waals surface area (Å²) in [5, 5.41) is 0. The Labute approximate surface area is 131 Å². The molecule has 2 aliphatic rings. The first-order valence-electron chi connectivity index (χ1n) is 7.30. The monoisotopic (exact) mass is 327 g/mol. The zero-order valence-electron chi connectivity index (χ0n) is 12.8. The Kier molecular flexibility index (Phi) is 4.15. The maximum Gasteiger partial charge on any atom is 0.243 e. The van der Waals surface area contributed by atoms with Crippen molar-refractivity contribution in [1.29, 1.82) is 0 Å². The van der Waals surface area contributed by atoms with Crippen molar-refractivity contribution in [3.8, 4) is 5.75 Å². The molecule has 122 valence electrons. The van der Waals surface area contributed by atoms with Crippen LogP contribution in [0.4, 0.5) is 0 Å². The third-order valence-corrected chi connectivity index (χ3v) is 6.31. The fraction of sp³-hybridized carbons (Fsp3) is 0.600. The number of benzene rings is 1. The van der Waals surface area contributed by atoms with Gasteiger partial charge in [0.15, 0.2) is 0 Å². The van der Waals surface area contributed by atoms with Crippen molar-refractivity contribution in [3.05, 3.63) is 24.3 Å². The van der Waals surface area contributed by atoms with Crippen molar-refractivity contribution < 1.29 is 22.6 Å². The summed E-state index contributed by atoms with van der Waals surface area (Å²) in [7, 11) is -0.345. The van der Waals surface area contributed by atoms with Crippen LogP contribution in [0.5, 0.6) is 5.75 Å². The van der Waals surface area contributed by atoms with Gasteiger partial charge in [0.1, 0.15) is 5.75 Å². The molecule has 2 atom stereocenters. The predicted octanol–water partition coefficient (Wildman–Crippen LogP) is 1.26. The lowest BCUT2D eigenvalue weighted by molar-refractivity contribution is 0.0108. The Hall–Kier alpha value is -1.15. The lowest BCUT2D eigenvalue weighted by atomic mass is 9.98. The maximum absolute atomic E-state index is 12.8. The van der Waals surface area contributed by atoms with Gasteiger partial charge in [-0.3, -0.25) is 0 Å². The molecule has 2 aliphatic heterocycles. The Morgan fingerprint density at radius 2 is 2.18 bits per heavy atom.